The molecule has 1 atom stereocenters. The van der Waals surface area contributed by atoms with Crippen LogP contribution in [-0.4, -0.2) is 47.9 Å². The summed E-state index contributed by atoms with van der Waals surface area (Å²) in [6.07, 6.45) is 1.14. The molecule has 6 heteroatoms. The highest BCUT2D eigenvalue weighted by Gasteiger charge is 2.33. The summed E-state index contributed by atoms with van der Waals surface area (Å²) in [6, 6.07) is 19.6. The van der Waals surface area contributed by atoms with Crippen molar-refractivity contribution in [3.63, 3.8) is 0 Å². The summed E-state index contributed by atoms with van der Waals surface area (Å²) in [7, 11) is 0. The molecule has 0 saturated carbocycles. The second-order valence-electron chi connectivity index (χ2n) is 9.61. The number of carbonyl (C=O) groups is 2. The van der Waals surface area contributed by atoms with Gasteiger partial charge in [-0.2, -0.15) is 0 Å². The van der Waals surface area contributed by atoms with E-state index in [0.717, 1.165) is 23.3 Å². The second kappa shape index (κ2) is 11.5. The highest BCUT2D eigenvalue weighted by atomic mass is 32.1. The second-order valence-corrected chi connectivity index (χ2v) is 10.6. The molecular formula is C29H34N2O3S. The Morgan fingerprint density at radius 2 is 1.83 bits per heavy atom. The number of nitrogens with zero attached hydrogens (tertiary/aromatic N) is 2. The molecular weight excluding hydrogens is 456 g/mol. The molecule has 0 spiro atoms. The first-order chi connectivity index (χ1) is 16.9. The van der Waals surface area contributed by atoms with Crippen LogP contribution in [0.25, 0.3) is 0 Å². The van der Waals surface area contributed by atoms with Gasteiger partial charge in [0.05, 0.1) is 19.0 Å². The van der Waals surface area contributed by atoms with Crippen molar-refractivity contribution in [1.29, 1.82) is 0 Å². The van der Waals surface area contributed by atoms with Crippen LogP contribution in [-0.2, 0) is 22.4 Å². The number of rotatable bonds is 9. The molecule has 35 heavy (non-hydrogen) atoms. The average Bonchev–Trinajstić information content (AvgIpc) is 3.32. The van der Waals surface area contributed by atoms with Gasteiger partial charge in [-0.1, -0.05) is 61.9 Å². The summed E-state index contributed by atoms with van der Waals surface area (Å²) in [6.45, 7) is 7.86. The van der Waals surface area contributed by atoms with Gasteiger partial charge in [-0.25, -0.2) is 0 Å². The number of fused-ring (bicyclic) bond motifs is 1. The van der Waals surface area contributed by atoms with E-state index in [0.29, 0.717) is 26.1 Å². The van der Waals surface area contributed by atoms with E-state index in [1.165, 1.54) is 10.4 Å². The van der Waals surface area contributed by atoms with Gasteiger partial charge >= 0.3 is 0 Å². The zero-order valence-electron chi connectivity index (χ0n) is 20.8. The maximum absolute atomic E-state index is 13.6. The molecule has 0 radical (unpaired) electrons. The van der Waals surface area contributed by atoms with Crippen LogP contribution in [0.4, 0.5) is 0 Å². The van der Waals surface area contributed by atoms with Crippen LogP contribution in [0.1, 0.15) is 41.5 Å². The predicted molar refractivity (Wildman–Crippen MR) is 141 cm³/mol. The molecule has 4 rings (SSSR count). The molecule has 3 aromatic rings. The van der Waals surface area contributed by atoms with Crippen LogP contribution >= 0.6 is 11.3 Å². The SMILES string of the molecule is Cc1ccc(OC[C@H]2c3ccsc3CCN2C(=O)CN(CC(C)C)C(=O)Cc2ccccc2)cc1. The van der Waals surface area contributed by atoms with E-state index in [4.69, 9.17) is 4.74 Å². The highest BCUT2D eigenvalue weighted by molar-refractivity contribution is 7.10. The predicted octanol–water partition coefficient (Wildman–Crippen LogP) is 5.29. The van der Waals surface area contributed by atoms with Crippen LogP contribution < -0.4 is 4.74 Å². The van der Waals surface area contributed by atoms with E-state index < -0.39 is 0 Å². The lowest BCUT2D eigenvalue weighted by Gasteiger charge is -2.37. The molecule has 0 saturated heterocycles. The number of thiophene rings is 1. The zero-order chi connectivity index (χ0) is 24.8. The van der Waals surface area contributed by atoms with Crippen LogP contribution in [0, 0.1) is 12.8 Å². The first-order valence-corrected chi connectivity index (χ1v) is 13.2. The Labute approximate surface area is 212 Å². The van der Waals surface area contributed by atoms with Gasteiger partial charge in [-0.05, 0) is 54.0 Å². The van der Waals surface area contributed by atoms with Gasteiger partial charge in [0.2, 0.25) is 11.8 Å². The number of carbonyl (C=O) groups excluding carboxylic acids is 2. The lowest BCUT2D eigenvalue weighted by Crippen LogP contribution is -2.48. The monoisotopic (exact) mass is 490 g/mol. The van der Waals surface area contributed by atoms with Crippen LogP contribution in [0.5, 0.6) is 5.75 Å². The lowest BCUT2D eigenvalue weighted by molar-refractivity contribution is -0.142. The topological polar surface area (TPSA) is 49.9 Å². The molecule has 0 fully saturated rings. The van der Waals surface area contributed by atoms with Crippen LogP contribution in [0.3, 0.4) is 0 Å². The number of ether oxygens (including phenoxy) is 1. The zero-order valence-corrected chi connectivity index (χ0v) is 21.6. The minimum atomic E-state index is -0.163. The summed E-state index contributed by atoms with van der Waals surface area (Å²) in [5.41, 5.74) is 3.30. The Morgan fingerprint density at radius 3 is 2.54 bits per heavy atom. The van der Waals surface area contributed by atoms with Crippen molar-refractivity contribution >= 4 is 23.2 Å². The summed E-state index contributed by atoms with van der Waals surface area (Å²) in [5, 5.41) is 2.09. The highest BCUT2D eigenvalue weighted by Crippen LogP contribution is 2.34. The van der Waals surface area contributed by atoms with E-state index in [1.807, 2.05) is 66.4 Å². The number of hydrogen-bond donors (Lipinski definition) is 0. The number of benzene rings is 2. The molecule has 184 valence electrons. The lowest BCUT2D eigenvalue weighted by atomic mass is 10.00. The Morgan fingerprint density at radius 1 is 1.09 bits per heavy atom. The maximum Gasteiger partial charge on any atom is 0.242 e. The summed E-state index contributed by atoms with van der Waals surface area (Å²) in [5.74, 6) is 1.03. The van der Waals surface area contributed by atoms with E-state index in [9.17, 15) is 9.59 Å². The number of aryl methyl sites for hydroxylation is 1. The molecule has 1 aliphatic rings. The van der Waals surface area contributed by atoms with Gasteiger partial charge in [0.1, 0.15) is 12.4 Å². The Kier molecular flexibility index (Phi) is 8.24. The van der Waals surface area contributed by atoms with Gasteiger partial charge in [-0.3, -0.25) is 9.59 Å². The summed E-state index contributed by atoms with van der Waals surface area (Å²) < 4.78 is 6.13. The Bertz CT molecular complexity index is 1120. The van der Waals surface area contributed by atoms with Crippen molar-refractivity contribution in [2.24, 2.45) is 5.92 Å². The van der Waals surface area contributed by atoms with E-state index in [-0.39, 0.29) is 30.3 Å². The molecule has 0 unspecified atom stereocenters. The Balaban J connectivity index is 1.49. The van der Waals surface area contributed by atoms with Crippen molar-refractivity contribution in [2.75, 3.05) is 26.2 Å². The standard InChI is InChI=1S/C29H34N2O3S/c1-21(2)18-30(28(32)17-23-7-5-4-6-8-23)19-29(33)31-15-13-27-25(14-16-35-27)26(31)20-34-24-11-9-22(3)10-12-24/h4-12,14,16,21,26H,13,15,17-20H2,1-3H3/t26-/m0/s1. The normalized spacial score (nSPS) is 15.1. The van der Waals surface area contributed by atoms with E-state index in [1.54, 1.807) is 16.2 Å². The third-order valence-electron chi connectivity index (χ3n) is 6.31. The fourth-order valence-corrected chi connectivity index (χ4v) is 5.44. The first kappa shape index (κ1) is 25.0. The number of amides is 2. The molecule has 1 aromatic heterocycles. The first-order valence-electron chi connectivity index (χ1n) is 12.3. The molecule has 5 nitrogen and oxygen atoms in total. The average molecular weight is 491 g/mol. The molecule has 0 bridgehead atoms. The van der Waals surface area contributed by atoms with Crippen LogP contribution in [0.15, 0.2) is 66.0 Å². The number of hydrogen-bond acceptors (Lipinski definition) is 4. The minimum absolute atomic E-state index is 0.0149. The third-order valence-corrected chi connectivity index (χ3v) is 7.30. The summed E-state index contributed by atoms with van der Waals surface area (Å²) >= 11 is 1.74. The van der Waals surface area contributed by atoms with Crippen molar-refractivity contribution < 1.29 is 14.3 Å². The quantitative estimate of drug-likeness (QED) is 0.410. The maximum atomic E-state index is 13.6. The van der Waals surface area contributed by atoms with Crippen molar-refractivity contribution in [3.8, 4) is 5.75 Å². The van der Waals surface area contributed by atoms with Crippen molar-refractivity contribution in [2.45, 2.75) is 39.7 Å². The molecule has 2 heterocycles. The fraction of sp³-hybridized carbons (Fsp3) is 0.379. The van der Waals surface area contributed by atoms with E-state index in [2.05, 4.69) is 25.3 Å². The molecule has 1 aliphatic heterocycles. The van der Waals surface area contributed by atoms with Gasteiger partial charge in [-0.15, -0.1) is 11.3 Å². The third kappa shape index (κ3) is 6.51. The van der Waals surface area contributed by atoms with Gasteiger partial charge in [0.25, 0.3) is 0 Å². The largest absolute Gasteiger partial charge is 0.491 e. The van der Waals surface area contributed by atoms with Crippen LogP contribution in [0.2, 0.25) is 0 Å². The molecule has 2 aromatic carbocycles. The molecule has 0 aliphatic carbocycles. The fourth-order valence-electron chi connectivity index (χ4n) is 4.52. The molecule has 2 amide bonds. The van der Waals surface area contributed by atoms with Gasteiger partial charge in [0, 0.05) is 18.0 Å². The van der Waals surface area contributed by atoms with Crippen molar-refractivity contribution in [1.82, 2.24) is 9.80 Å². The molecule has 0 N–H and O–H groups in total. The van der Waals surface area contributed by atoms with Crippen molar-refractivity contribution in [3.05, 3.63) is 87.6 Å². The Hall–Kier alpha value is -3.12. The smallest absolute Gasteiger partial charge is 0.242 e. The summed E-state index contributed by atoms with van der Waals surface area (Å²) in [4.78, 5) is 31.7. The van der Waals surface area contributed by atoms with Gasteiger partial charge < -0.3 is 14.5 Å². The minimum Gasteiger partial charge on any atom is -0.491 e. The van der Waals surface area contributed by atoms with E-state index >= 15 is 0 Å². The van der Waals surface area contributed by atoms with Gasteiger partial charge in [0.15, 0.2) is 0 Å².